The first-order valence-corrected chi connectivity index (χ1v) is 8.25. The summed E-state index contributed by atoms with van der Waals surface area (Å²) >= 11 is 0. The largest absolute Gasteiger partial charge is 0.497 e. The maximum absolute atomic E-state index is 12.6. The van der Waals surface area contributed by atoms with Crippen molar-refractivity contribution in [3.63, 3.8) is 0 Å². The normalized spacial score (nSPS) is 10.6. The minimum Gasteiger partial charge on any atom is -0.497 e. The molecule has 0 saturated heterocycles. The molecular formula is C22H17NO4. The summed E-state index contributed by atoms with van der Waals surface area (Å²) in [6, 6.07) is 17.1. The van der Waals surface area contributed by atoms with Crippen LogP contribution in [0.2, 0.25) is 0 Å². The Morgan fingerprint density at radius 2 is 1.63 bits per heavy atom. The van der Waals surface area contributed by atoms with E-state index in [1.54, 1.807) is 49.6 Å². The monoisotopic (exact) mass is 359 g/mol. The molecule has 0 spiro atoms. The van der Waals surface area contributed by atoms with Crippen molar-refractivity contribution in [3.8, 4) is 11.5 Å². The summed E-state index contributed by atoms with van der Waals surface area (Å²) in [4.78, 5) is 28.7. The molecule has 5 nitrogen and oxygen atoms in total. The molecule has 0 aliphatic rings. The number of allylic oxidation sites excluding steroid dienone is 1. The Morgan fingerprint density at radius 3 is 2.33 bits per heavy atom. The van der Waals surface area contributed by atoms with Gasteiger partial charge in [-0.15, -0.1) is 0 Å². The third kappa shape index (κ3) is 4.67. The molecular weight excluding hydrogens is 342 g/mol. The van der Waals surface area contributed by atoms with Gasteiger partial charge in [0.1, 0.15) is 11.5 Å². The highest BCUT2D eigenvalue weighted by atomic mass is 16.5. The van der Waals surface area contributed by atoms with E-state index in [0.29, 0.717) is 11.1 Å². The fourth-order valence-corrected chi connectivity index (χ4v) is 2.38. The van der Waals surface area contributed by atoms with Gasteiger partial charge in [-0.1, -0.05) is 30.3 Å². The number of benzene rings is 2. The first-order valence-electron chi connectivity index (χ1n) is 8.25. The molecule has 5 heteroatoms. The van der Waals surface area contributed by atoms with E-state index in [9.17, 15) is 9.59 Å². The van der Waals surface area contributed by atoms with Gasteiger partial charge in [-0.25, -0.2) is 4.79 Å². The van der Waals surface area contributed by atoms with Gasteiger partial charge < -0.3 is 9.47 Å². The van der Waals surface area contributed by atoms with Crippen LogP contribution in [0.3, 0.4) is 0 Å². The molecule has 0 unspecified atom stereocenters. The number of hydrogen-bond acceptors (Lipinski definition) is 5. The molecule has 0 amide bonds. The zero-order chi connectivity index (χ0) is 19.1. The van der Waals surface area contributed by atoms with Gasteiger partial charge in [0.05, 0.1) is 18.2 Å². The second-order valence-corrected chi connectivity index (χ2v) is 5.59. The van der Waals surface area contributed by atoms with Crippen LogP contribution in [-0.4, -0.2) is 23.8 Å². The van der Waals surface area contributed by atoms with Crippen molar-refractivity contribution in [1.29, 1.82) is 0 Å². The number of carbonyl (C=O) groups is 2. The van der Waals surface area contributed by atoms with E-state index in [4.69, 9.17) is 9.47 Å². The maximum atomic E-state index is 12.6. The quantitative estimate of drug-likeness (QED) is 0.286. The summed E-state index contributed by atoms with van der Waals surface area (Å²) in [5, 5.41) is 0. The van der Waals surface area contributed by atoms with Crippen LogP contribution in [0.5, 0.6) is 11.5 Å². The van der Waals surface area contributed by atoms with Crippen molar-refractivity contribution in [2.75, 3.05) is 7.11 Å². The Labute approximate surface area is 156 Å². The van der Waals surface area contributed by atoms with E-state index in [0.717, 1.165) is 11.3 Å². The number of esters is 1. The van der Waals surface area contributed by atoms with E-state index in [1.807, 2.05) is 24.3 Å². The minimum absolute atomic E-state index is 0.212. The zero-order valence-corrected chi connectivity index (χ0v) is 14.7. The molecule has 0 saturated carbocycles. The van der Waals surface area contributed by atoms with Crippen molar-refractivity contribution in [2.24, 2.45) is 0 Å². The van der Waals surface area contributed by atoms with Gasteiger partial charge in [0.2, 0.25) is 0 Å². The van der Waals surface area contributed by atoms with Crippen LogP contribution in [0.25, 0.3) is 6.08 Å². The van der Waals surface area contributed by atoms with E-state index >= 15 is 0 Å². The Morgan fingerprint density at radius 1 is 0.926 bits per heavy atom. The average Bonchev–Trinajstić information content (AvgIpc) is 2.73. The highest BCUT2D eigenvalue weighted by Gasteiger charge is 2.14. The lowest BCUT2D eigenvalue weighted by Crippen LogP contribution is -2.11. The molecule has 1 heterocycles. The number of ether oxygens (including phenoxy) is 2. The maximum Gasteiger partial charge on any atom is 0.343 e. The molecule has 0 aliphatic heterocycles. The summed E-state index contributed by atoms with van der Waals surface area (Å²) in [5.41, 5.74) is 1.53. The van der Waals surface area contributed by atoms with E-state index in [2.05, 4.69) is 4.98 Å². The molecule has 1 aromatic heterocycles. The number of methoxy groups -OCH3 is 1. The van der Waals surface area contributed by atoms with Crippen LogP contribution >= 0.6 is 0 Å². The molecule has 0 bridgehead atoms. The molecule has 0 N–H and O–H groups in total. The second kappa shape index (κ2) is 8.58. The second-order valence-electron chi connectivity index (χ2n) is 5.59. The van der Waals surface area contributed by atoms with Gasteiger partial charge in [0, 0.05) is 12.4 Å². The van der Waals surface area contributed by atoms with Crippen LogP contribution in [0.4, 0.5) is 0 Å². The summed E-state index contributed by atoms with van der Waals surface area (Å²) in [5.74, 6) is 0.149. The zero-order valence-electron chi connectivity index (χ0n) is 14.7. The molecule has 0 radical (unpaired) electrons. The van der Waals surface area contributed by atoms with E-state index < -0.39 is 5.97 Å². The van der Waals surface area contributed by atoms with Crippen molar-refractivity contribution in [1.82, 2.24) is 4.98 Å². The van der Waals surface area contributed by atoms with Gasteiger partial charge in [-0.05, 0) is 48.0 Å². The number of para-hydroxylation sites is 1. The van der Waals surface area contributed by atoms with Crippen LogP contribution in [0.1, 0.15) is 26.3 Å². The fraction of sp³-hybridized carbons (Fsp3) is 0.0455. The Balaban J connectivity index is 1.77. The minimum atomic E-state index is -0.545. The number of ketones is 1. The Hall–Kier alpha value is -3.73. The lowest BCUT2D eigenvalue weighted by atomic mass is 10.1. The third-order valence-corrected chi connectivity index (χ3v) is 3.81. The Bertz CT molecular complexity index is 963. The van der Waals surface area contributed by atoms with Gasteiger partial charge in [0.25, 0.3) is 0 Å². The summed E-state index contributed by atoms with van der Waals surface area (Å²) in [6.07, 6.45) is 6.15. The van der Waals surface area contributed by atoms with Crippen LogP contribution < -0.4 is 9.47 Å². The number of rotatable bonds is 6. The highest BCUT2D eigenvalue weighted by molar-refractivity contribution is 6.09. The van der Waals surface area contributed by atoms with E-state index in [-0.39, 0.29) is 11.5 Å². The SMILES string of the molecule is COc1ccc(/C=C/C(=O)c2ccccc2OC(=O)c2ccncc2)cc1. The molecule has 0 fully saturated rings. The predicted molar refractivity (Wildman–Crippen MR) is 102 cm³/mol. The first kappa shape index (κ1) is 18.1. The average molecular weight is 359 g/mol. The summed E-state index contributed by atoms with van der Waals surface area (Å²) < 4.78 is 10.5. The van der Waals surface area contributed by atoms with Gasteiger partial charge >= 0.3 is 5.97 Å². The molecule has 27 heavy (non-hydrogen) atoms. The van der Waals surface area contributed by atoms with Gasteiger partial charge in [-0.3, -0.25) is 9.78 Å². The lowest BCUT2D eigenvalue weighted by Gasteiger charge is -2.08. The third-order valence-electron chi connectivity index (χ3n) is 3.81. The van der Waals surface area contributed by atoms with Crippen LogP contribution in [0.15, 0.2) is 79.1 Å². The molecule has 0 aliphatic carbocycles. The van der Waals surface area contributed by atoms with Crippen molar-refractivity contribution in [3.05, 3.63) is 95.8 Å². The standard InChI is InChI=1S/C22H17NO4/c1-26-18-9-6-16(7-10-18)8-11-20(24)19-4-2-3-5-21(19)27-22(25)17-12-14-23-15-13-17/h2-15H,1H3/b11-8+. The van der Waals surface area contributed by atoms with Gasteiger partial charge in [-0.2, -0.15) is 0 Å². The Kier molecular flexibility index (Phi) is 5.74. The van der Waals surface area contributed by atoms with Crippen LogP contribution in [-0.2, 0) is 0 Å². The molecule has 3 rings (SSSR count). The highest BCUT2D eigenvalue weighted by Crippen LogP contribution is 2.21. The summed E-state index contributed by atoms with van der Waals surface area (Å²) in [7, 11) is 1.60. The number of hydrogen-bond donors (Lipinski definition) is 0. The smallest absolute Gasteiger partial charge is 0.343 e. The van der Waals surface area contributed by atoms with Crippen molar-refractivity contribution < 1.29 is 19.1 Å². The topological polar surface area (TPSA) is 65.5 Å². The summed E-state index contributed by atoms with van der Waals surface area (Å²) in [6.45, 7) is 0. The fourth-order valence-electron chi connectivity index (χ4n) is 2.38. The van der Waals surface area contributed by atoms with Crippen molar-refractivity contribution >= 4 is 17.8 Å². The number of aromatic nitrogens is 1. The number of carbonyl (C=O) groups excluding carboxylic acids is 2. The molecule has 3 aromatic rings. The predicted octanol–water partition coefficient (Wildman–Crippen LogP) is 4.21. The molecule has 0 atom stereocenters. The molecule has 2 aromatic carbocycles. The van der Waals surface area contributed by atoms with E-state index in [1.165, 1.54) is 18.5 Å². The number of pyridine rings is 1. The first-order chi connectivity index (χ1) is 13.2. The van der Waals surface area contributed by atoms with Crippen molar-refractivity contribution in [2.45, 2.75) is 0 Å². The lowest BCUT2D eigenvalue weighted by molar-refractivity contribution is 0.0733. The number of nitrogens with zero attached hydrogens (tertiary/aromatic N) is 1. The van der Waals surface area contributed by atoms with Gasteiger partial charge in [0.15, 0.2) is 5.78 Å². The molecule has 134 valence electrons. The van der Waals surface area contributed by atoms with Crippen LogP contribution in [0, 0.1) is 0 Å².